The third-order valence-electron chi connectivity index (χ3n) is 4.93. The number of nitro groups is 1. The number of hydrogen-bond donors (Lipinski definition) is 2. The summed E-state index contributed by atoms with van der Waals surface area (Å²) in [5, 5.41) is 20.9. The third kappa shape index (κ3) is 4.34. The summed E-state index contributed by atoms with van der Waals surface area (Å²) in [6.45, 7) is 4.87. The first kappa shape index (κ1) is 21.8. The molecular formula is C20H23N5O6. The highest BCUT2D eigenvalue weighted by Gasteiger charge is 2.34. The van der Waals surface area contributed by atoms with Crippen LogP contribution in [0.4, 0.5) is 10.5 Å². The van der Waals surface area contributed by atoms with Crippen molar-refractivity contribution in [1.82, 2.24) is 20.4 Å². The highest BCUT2D eigenvalue weighted by molar-refractivity contribution is 5.95. The number of rotatable bonds is 7. The van der Waals surface area contributed by atoms with E-state index < -0.39 is 23.0 Å². The molecule has 0 radical (unpaired) electrons. The third-order valence-corrected chi connectivity index (χ3v) is 4.93. The molecule has 0 aliphatic carbocycles. The van der Waals surface area contributed by atoms with E-state index in [0.717, 1.165) is 0 Å². The number of carbonyl (C=O) groups is 2. The fourth-order valence-corrected chi connectivity index (χ4v) is 3.49. The topological polar surface area (TPSA) is 138 Å². The van der Waals surface area contributed by atoms with Crippen LogP contribution >= 0.6 is 0 Å². The lowest BCUT2D eigenvalue weighted by Crippen LogP contribution is -2.47. The van der Waals surface area contributed by atoms with Crippen LogP contribution < -0.4 is 15.4 Å². The molecular weight excluding hydrogens is 406 g/mol. The highest BCUT2D eigenvalue weighted by Crippen LogP contribution is 2.30. The van der Waals surface area contributed by atoms with E-state index in [2.05, 4.69) is 15.7 Å². The van der Waals surface area contributed by atoms with Crippen LogP contribution in [0.25, 0.3) is 0 Å². The van der Waals surface area contributed by atoms with Gasteiger partial charge in [0.25, 0.3) is 0 Å². The van der Waals surface area contributed by atoms with Crippen molar-refractivity contribution in [1.29, 1.82) is 0 Å². The zero-order chi connectivity index (χ0) is 22.7. The van der Waals surface area contributed by atoms with Gasteiger partial charge in [-0.1, -0.05) is 12.1 Å². The number of nitrogens with one attached hydrogen (secondary N) is 2. The van der Waals surface area contributed by atoms with Crippen LogP contribution in [-0.4, -0.2) is 40.4 Å². The summed E-state index contributed by atoms with van der Waals surface area (Å²) in [6, 6.07) is 5.62. The summed E-state index contributed by atoms with van der Waals surface area (Å²) >= 11 is 0. The number of methoxy groups -OCH3 is 1. The Hall–Kier alpha value is -3.89. The van der Waals surface area contributed by atoms with E-state index in [0.29, 0.717) is 17.0 Å². The fourth-order valence-electron chi connectivity index (χ4n) is 3.49. The van der Waals surface area contributed by atoms with Crippen LogP contribution in [0.5, 0.6) is 5.75 Å². The molecule has 31 heavy (non-hydrogen) atoms. The number of aromatic nitrogens is 2. The number of allylic oxidation sites excluding steroid dienone is 1. The monoisotopic (exact) mass is 429 g/mol. The number of nitrogens with zero attached hydrogens (tertiary/aromatic N) is 3. The standard InChI is InChI=1S/C20H23N5O6/c1-5-31-19(26)16-15(10-24-12(3)18(25(28)29)11(2)23-24)21-20(27)22-17(16)13-6-8-14(30-4)9-7-13/h6-9,17H,5,10H2,1-4H3,(H2,21,22,27)/t17-/m1/s1. The fraction of sp³-hybridized carbons (Fsp3) is 0.350. The lowest BCUT2D eigenvalue weighted by molar-refractivity contribution is -0.386. The molecule has 0 saturated heterocycles. The van der Waals surface area contributed by atoms with Crippen molar-refractivity contribution in [2.75, 3.05) is 13.7 Å². The molecule has 0 bridgehead atoms. The second-order valence-corrected chi connectivity index (χ2v) is 6.85. The quantitative estimate of drug-likeness (QED) is 0.391. The average molecular weight is 429 g/mol. The number of benzene rings is 1. The van der Waals surface area contributed by atoms with Gasteiger partial charge in [0.2, 0.25) is 0 Å². The Morgan fingerprint density at radius 2 is 1.97 bits per heavy atom. The molecule has 1 aromatic carbocycles. The van der Waals surface area contributed by atoms with Crippen LogP contribution in [-0.2, 0) is 16.1 Å². The number of amides is 2. The molecule has 0 saturated carbocycles. The highest BCUT2D eigenvalue weighted by atomic mass is 16.6. The van der Waals surface area contributed by atoms with Crippen molar-refractivity contribution >= 4 is 17.7 Å². The van der Waals surface area contributed by atoms with Crippen LogP contribution in [0.3, 0.4) is 0 Å². The van der Waals surface area contributed by atoms with Crippen molar-refractivity contribution in [2.24, 2.45) is 0 Å². The first-order valence-corrected chi connectivity index (χ1v) is 9.56. The number of esters is 1. The van der Waals surface area contributed by atoms with Gasteiger partial charge in [0.15, 0.2) is 0 Å². The van der Waals surface area contributed by atoms with E-state index >= 15 is 0 Å². The zero-order valence-electron chi connectivity index (χ0n) is 17.6. The van der Waals surface area contributed by atoms with Crippen LogP contribution in [0, 0.1) is 24.0 Å². The van der Waals surface area contributed by atoms with Gasteiger partial charge >= 0.3 is 17.7 Å². The molecule has 3 rings (SSSR count). The first-order chi connectivity index (χ1) is 14.8. The molecule has 1 aliphatic heterocycles. The molecule has 1 aromatic heterocycles. The van der Waals surface area contributed by atoms with Gasteiger partial charge in [-0.15, -0.1) is 0 Å². The van der Waals surface area contributed by atoms with Gasteiger partial charge in [-0.05, 0) is 38.5 Å². The molecule has 0 unspecified atom stereocenters. The molecule has 1 aliphatic rings. The summed E-state index contributed by atoms with van der Waals surface area (Å²) < 4.78 is 11.8. The maximum Gasteiger partial charge on any atom is 0.338 e. The van der Waals surface area contributed by atoms with Gasteiger partial charge in [0, 0.05) is 0 Å². The summed E-state index contributed by atoms with van der Waals surface area (Å²) in [6.07, 6.45) is 0. The lowest BCUT2D eigenvalue weighted by atomic mass is 9.95. The van der Waals surface area contributed by atoms with Crippen LogP contribution in [0.15, 0.2) is 35.5 Å². The van der Waals surface area contributed by atoms with Gasteiger partial charge in [0.1, 0.15) is 17.1 Å². The molecule has 164 valence electrons. The minimum atomic E-state index is -0.777. The number of carbonyl (C=O) groups excluding carboxylic acids is 2. The van der Waals surface area contributed by atoms with E-state index in [1.807, 2.05) is 0 Å². The molecule has 2 aromatic rings. The Kier molecular flexibility index (Phi) is 6.23. The van der Waals surface area contributed by atoms with Gasteiger partial charge in [-0.25, -0.2) is 9.59 Å². The minimum absolute atomic E-state index is 0.0469. The molecule has 0 spiro atoms. The van der Waals surface area contributed by atoms with Gasteiger partial charge < -0.3 is 20.1 Å². The van der Waals surface area contributed by atoms with Gasteiger partial charge in [-0.2, -0.15) is 5.10 Å². The molecule has 2 heterocycles. The Labute approximate surface area is 178 Å². The predicted octanol–water partition coefficient (Wildman–Crippen LogP) is 2.29. The summed E-state index contributed by atoms with van der Waals surface area (Å²) in [4.78, 5) is 36.1. The normalized spacial score (nSPS) is 15.9. The summed E-state index contributed by atoms with van der Waals surface area (Å²) in [7, 11) is 1.54. The average Bonchev–Trinajstić information content (AvgIpc) is 3.00. The smallest absolute Gasteiger partial charge is 0.338 e. The van der Waals surface area contributed by atoms with Crippen molar-refractivity contribution in [3.8, 4) is 5.75 Å². The minimum Gasteiger partial charge on any atom is -0.497 e. The molecule has 11 heteroatoms. The maximum atomic E-state index is 12.8. The van der Waals surface area contributed by atoms with E-state index in [1.165, 1.54) is 18.7 Å². The maximum absolute atomic E-state index is 12.8. The van der Waals surface area contributed by atoms with E-state index in [-0.39, 0.29) is 35.8 Å². The van der Waals surface area contributed by atoms with Crippen LogP contribution in [0.2, 0.25) is 0 Å². The Morgan fingerprint density at radius 3 is 2.52 bits per heavy atom. The Bertz CT molecular complexity index is 1060. The number of aryl methyl sites for hydroxylation is 1. The van der Waals surface area contributed by atoms with Crippen molar-refractivity contribution < 1.29 is 24.0 Å². The van der Waals surface area contributed by atoms with Crippen molar-refractivity contribution in [2.45, 2.75) is 33.4 Å². The van der Waals surface area contributed by atoms with Gasteiger partial charge in [0.05, 0.1) is 42.5 Å². The van der Waals surface area contributed by atoms with Crippen molar-refractivity contribution in [3.63, 3.8) is 0 Å². The molecule has 1 atom stereocenters. The SMILES string of the molecule is CCOC(=O)C1=C(Cn2nc(C)c([N+](=O)[O-])c2C)NC(=O)N[C@@H]1c1ccc(OC)cc1. The molecule has 0 fully saturated rings. The number of urea groups is 1. The van der Waals surface area contributed by atoms with E-state index in [4.69, 9.17) is 9.47 Å². The predicted molar refractivity (Wildman–Crippen MR) is 109 cm³/mol. The molecule has 2 N–H and O–H groups in total. The summed E-state index contributed by atoms with van der Waals surface area (Å²) in [5.41, 5.74) is 1.55. The largest absolute Gasteiger partial charge is 0.497 e. The zero-order valence-corrected chi connectivity index (χ0v) is 17.6. The Morgan fingerprint density at radius 1 is 1.29 bits per heavy atom. The van der Waals surface area contributed by atoms with E-state index in [1.54, 1.807) is 38.1 Å². The second-order valence-electron chi connectivity index (χ2n) is 6.85. The lowest BCUT2D eigenvalue weighted by Gasteiger charge is -2.29. The second kappa shape index (κ2) is 8.86. The Balaban J connectivity index is 2.10. The number of hydrogen-bond acceptors (Lipinski definition) is 7. The van der Waals surface area contributed by atoms with Crippen molar-refractivity contribution in [3.05, 3.63) is 62.6 Å². The number of ether oxygens (including phenoxy) is 2. The first-order valence-electron chi connectivity index (χ1n) is 9.56. The molecule has 11 nitrogen and oxygen atoms in total. The summed E-state index contributed by atoms with van der Waals surface area (Å²) in [5.74, 6) is 0.0164. The van der Waals surface area contributed by atoms with Gasteiger partial charge in [-0.3, -0.25) is 14.8 Å². The van der Waals surface area contributed by atoms with Crippen LogP contribution in [0.1, 0.15) is 29.9 Å². The molecule has 2 amide bonds. The van der Waals surface area contributed by atoms with E-state index in [9.17, 15) is 19.7 Å².